The average Bonchev–Trinajstić information content (AvgIpc) is 2.33. The number of halogens is 1. The van der Waals surface area contributed by atoms with E-state index in [1.807, 2.05) is 19.9 Å². The van der Waals surface area contributed by atoms with Gasteiger partial charge in [0.1, 0.15) is 5.75 Å². The number of ether oxygens (including phenoxy) is 1. The lowest BCUT2D eigenvalue weighted by atomic mass is 10.2. The van der Waals surface area contributed by atoms with Crippen molar-refractivity contribution in [3.05, 3.63) is 40.9 Å². The number of carbonyl (C=O) groups excluding carboxylic acids is 1. The lowest BCUT2D eigenvalue weighted by molar-refractivity contribution is -0.123. The molecular weight excluding hydrogens is 252 g/mol. The van der Waals surface area contributed by atoms with Crippen molar-refractivity contribution in [2.75, 3.05) is 6.61 Å². The molecule has 0 aliphatic heterocycles. The van der Waals surface area contributed by atoms with E-state index >= 15 is 0 Å². The Hall–Kier alpha value is -1.81. The third-order valence-electron chi connectivity index (χ3n) is 2.04. The maximum atomic E-state index is 11.4. The van der Waals surface area contributed by atoms with Crippen LogP contribution in [-0.4, -0.2) is 18.7 Å². The minimum Gasteiger partial charge on any atom is -0.483 e. The van der Waals surface area contributed by atoms with E-state index in [4.69, 9.17) is 16.3 Å². The number of hydrazone groups is 1. The van der Waals surface area contributed by atoms with Crippen molar-refractivity contribution in [2.24, 2.45) is 5.10 Å². The summed E-state index contributed by atoms with van der Waals surface area (Å²) in [7, 11) is 0. The van der Waals surface area contributed by atoms with Gasteiger partial charge < -0.3 is 4.74 Å². The topological polar surface area (TPSA) is 50.7 Å². The van der Waals surface area contributed by atoms with Gasteiger partial charge in [-0.15, -0.1) is 0 Å². The standard InChI is InChI=1S/C13H15ClN2O2/c1-3-4-7-15-16-13(17)9-18-12-6-5-11(14)8-10(12)2/h3-8H,9H2,1-2H3,(H,16,17)/b4-3+,15-7?. The zero-order chi connectivity index (χ0) is 13.4. The largest absolute Gasteiger partial charge is 0.483 e. The van der Waals surface area contributed by atoms with Crippen molar-refractivity contribution >= 4 is 23.7 Å². The van der Waals surface area contributed by atoms with Crippen molar-refractivity contribution in [1.82, 2.24) is 5.43 Å². The highest BCUT2D eigenvalue weighted by Crippen LogP contribution is 2.21. The Balaban J connectivity index is 2.42. The van der Waals surface area contributed by atoms with Gasteiger partial charge in [0.15, 0.2) is 6.61 Å². The SMILES string of the molecule is C/C=C/C=NNC(=O)COc1ccc(Cl)cc1C. The molecule has 18 heavy (non-hydrogen) atoms. The molecule has 1 aromatic carbocycles. The first-order valence-corrected chi connectivity index (χ1v) is 5.83. The first kappa shape index (κ1) is 14.3. The molecule has 96 valence electrons. The van der Waals surface area contributed by atoms with Crippen molar-refractivity contribution in [3.63, 3.8) is 0 Å². The normalized spacial score (nSPS) is 11.1. The first-order valence-electron chi connectivity index (χ1n) is 5.45. The van der Waals surface area contributed by atoms with E-state index in [-0.39, 0.29) is 12.5 Å². The molecule has 0 aliphatic carbocycles. The summed E-state index contributed by atoms with van der Waals surface area (Å²) in [6.07, 6.45) is 5.01. The number of aryl methyl sites for hydroxylation is 1. The van der Waals surface area contributed by atoms with Crippen molar-refractivity contribution in [2.45, 2.75) is 13.8 Å². The zero-order valence-corrected chi connectivity index (χ0v) is 11.1. The monoisotopic (exact) mass is 266 g/mol. The summed E-state index contributed by atoms with van der Waals surface area (Å²) in [5.41, 5.74) is 3.23. The number of hydrogen-bond donors (Lipinski definition) is 1. The van der Waals surface area contributed by atoms with E-state index in [9.17, 15) is 4.79 Å². The number of carbonyl (C=O) groups is 1. The summed E-state index contributed by atoms with van der Waals surface area (Å²) in [5.74, 6) is 0.317. The quantitative estimate of drug-likeness (QED) is 0.658. The summed E-state index contributed by atoms with van der Waals surface area (Å²) in [6, 6.07) is 5.22. The number of allylic oxidation sites excluding steroid dienone is 2. The number of hydrogen-bond acceptors (Lipinski definition) is 3. The Labute approximate surface area is 111 Å². The van der Waals surface area contributed by atoms with Crippen molar-refractivity contribution < 1.29 is 9.53 Å². The van der Waals surface area contributed by atoms with Crippen LogP contribution in [0.25, 0.3) is 0 Å². The lowest BCUT2D eigenvalue weighted by Gasteiger charge is -2.07. The van der Waals surface area contributed by atoms with E-state index in [1.165, 1.54) is 6.21 Å². The summed E-state index contributed by atoms with van der Waals surface area (Å²) >= 11 is 5.82. The fraction of sp³-hybridized carbons (Fsp3) is 0.231. The van der Waals surface area contributed by atoms with Crippen LogP contribution in [0.4, 0.5) is 0 Å². The van der Waals surface area contributed by atoms with E-state index < -0.39 is 0 Å². The number of rotatable bonds is 5. The van der Waals surface area contributed by atoms with Crippen LogP contribution in [0, 0.1) is 6.92 Å². The predicted molar refractivity (Wildman–Crippen MR) is 73.1 cm³/mol. The molecule has 0 bridgehead atoms. The van der Waals surface area contributed by atoms with E-state index in [1.54, 1.807) is 24.3 Å². The minimum atomic E-state index is -0.315. The number of benzene rings is 1. The van der Waals surface area contributed by atoms with Gasteiger partial charge in [-0.25, -0.2) is 5.43 Å². The van der Waals surface area contributed by atoms with E-state index in [0.29, 0.717) is 10.8 Å². The van der Waals surface area contributed by atoms with Gasteiger partial charge in [0.25, 0.3) is 5.91 Å². The molecule has 0 radical (unpaired) electrons. The number of nitrogens with zero attached hydrogens (tertiary/aromatic N) is 1. The maximum absolute atomic E-state index is 11.4. The van der Waals surface area contributed by atoms with Gasteiger partial charge in [0.05, 0.1) is 0 Å². The Morgan fingerprint density at radius 2 is 2.33 bits per heavy atom. The van der Waals surface area contributed by atoms with Crippen LogP contribution in [0.5, 0.6) is 5.75 Å². The van der Waals surface area contributed by atoms with Crippen LogP contribution < -0.4 is 10.2 Å². The fourth-order valence-corrected chi connectivity index (χ4v) is 1.42. The Kier molecular flexibility index (Phi) is 5.94. The molecule has 0 aromatic heterocycles. The van der Waals surface area contributed by atoms with Crippen LogP contribution in [-0.2, 0) is 4.79 Å². The highest BCUT2D eigenvalue weighted by molar-refractivity contribution is 6.30. The van der Waals surface area contributed by atoms with Crippen LogP contribution in [0.2, 0.25) is 5.02 Å². The second-order valence-corrected chi connectivity index (χ2v) is 3.97. The second-order valence-electron chi connectivity index (χ2n) is 3.54. The highest BCUT2D eigenvalue weighted by Gasteiger charge is 2.04. The Morgan fingerprint density at radius 1 is 1.56 bits per heavy atom. The number of amides is 1. The fourth-order valence-electron chi connectivity index (χ4n) is 1.19. The second kappa shape index (κ2) is 7.50. The first-order chi connectivity index (χ1) is 8.63. The summed E-state index contributed by atoms with van der Waals surface area (Å²) in [5, 5.41) is 4.34. The minimum absolute atomic E-state index is 0.0876. The van der Waals surface area contributed by atoms with Gasteiger partial charge in [0.2, 0.25) is 0 Å². The van der Waals surface area contributed by atoms with Gasteiger partial charge >= 0.3 is 0 Å². The molecule has 0 aliphatic rings. The molecule has 0 unspecified atom stereocenters. The average molecular weight is 267 g/mol. The van der Waals surface area contributed by atoms with Crippen LogP contribution in [0.15, 0.2) is 35.5 Å². The molecule has 1 rings (SSSR count). The Bertz CT molecular complexity index is 470. The molecule has 0 heterocycles. The molecule has 0 saturated carbocycles. The molecule has 0 fully saturated rings. The van der Waals surface area contributed by atoms with Gasteiger partial charge in [-0.2, -0.15) is 5.10 Å². The maximum Gasteiger partial charge on any atom is 0.277 e. The molecule has 0 saturated heterocycles. The molecule has 5 heteroatoms. The summed E-state index contributed by atoms with van der Waals surface area (Å²) < 4.78 is 5.35. The number of nitrogens with one attached hydrogen (secondary N) is 1. The van der Waals surface area contributed by atoms with Crippen LogP contribution >= 0.6 is 11.6 Å². The van der Waals surface area contributed by atoms with Gasteiger partial charge in [-0.3, -0.25) is 4.79 Å². The molecule has 4 nitrogen and oxygen atoms in total. The lowest BCUT2D eigenvalue weighted by Crippen LogP contribution is -2.24. The smallest absolute Gasteiger partial charge is 0.277 e. The third kappa shape index (κ3) is 5.01. The van der Waals surface area contributed by atoms with Crippen molar-refractivity contribution in [1.29, 1.82) is 0 Å². The zero-order valence-electron chi connectivity index (χ0n) is 10.3. The van der Waals surface area contributed by atoms with E-state index in [0.717, 1.165) is 5.56 Å². The summed E-state index contributed by atoms with van der Waals surface area (Å²) in [6.45, 7) is 3.64. The third-order valence-corrected chi connectivity index (χ3v) is 2.27. The Morgan fingerprint density at radius 3 is 3.00 bits per heavy atom. The van der Waals surface area contributed by atoms with Crippen molar-refractivity contribution in [3.8, 4) is 5.75 Å². The van der Waals surface area contributed by atoms with Gasteiger partial charge in [-0.1, -0.05) is 17.7 Å². The van der Waals surface area contributed by atoms with E-state index in [2.05, 4.69) is 10.5 Å². The highest BCUT2D eigenvalue weighted by atomic mass is 35.5. The summed E-state index contributed by atoms with van der Waals surface area (Å²) in [4.78, 5) is 11.4. The molecule has 1 amide bonds. The molecule has 0 atom stereocenters. The van der Waals surface area contributed by atoms with Gasteiger partial charge in [-0.05, 0) is 43.7 Å². The predicted octanol–water partition coefficient (Wildman–Crippen LogP) is 2.71. The van der Waals surface area contributed by atoms with Crippen LogP contribution in [0.3, 0.4) is 0 Å². The molecular formula is C13H15ClN2O2. The van der Waals surface area contributed by atoms with Crippen LogP contribution in [0.1, 0.15) is 12.5 Å². The molecule has 0 spiro atoms. The molecule has 1 aromatic rings. The van der Waals surface area contributed by atoms with Gasteiger partial charge in [0, 0.05) is 11.2 Å². The molecule has 1 N–H and O–H groups in total.